The summed E-state index contributed by atoms with van der Waals surface area (Å²) in [7, 11) is 1.63. The maximum absolute atomic E-state index is 13.7. The average molecular weight is 723 g/mol. The first-order valence-electron chi connectivity index (χ1n) is 18.4. The van der Waals surface area contributed by atoms with Gasteiger partial charge in [0, 0.05) is 90.5 Å². The zero-order chi connectivity index (χ0) is 37.4. The summed E-state index contributed by atoms with van der Waals surface area (Å²) >= 11 is 0. The molecule has 1 aliphatic rings. The number of ether oxygens (including phenoxy) is 1. The molecule has 6 aromatic rings. The van der Waals surface area contributed by atoms with Crippen molar-refractivity contribution in [3.8, 4) is 5.75 Å². The molecule has 0 saturated carbocycles. The van der Waals surface area contributed by atoms with Crippen molar-refractivity contribution >= 4 is 45.1 Å². The van der Waals surface area contributed by atoms with Gasteiger partial charge in [0.25, 0.3) is 5.91 Å². The molecule has 3 heterocycles. The van der Waals surface area contributed by atoms with E-state index >= 15 is 0 Å². The van der Waals surface area contributed by atoms with Gasteiger partial charge in [0.1, 0.15) is 5.75 Å². The number of nitrogens with one attached hydrogen (secondary N) is 4. The van der Waals surface area contributed by atoms with Crippen LogP contribution in [0.25, 0.3) is 27.4 Å². The van der Waals surface area contributed by atoms with E-state index in [-0.39, 0.29) is 30.3 Å². The van der Waals surface area contributed by atoms with Gasteiger partial charge in [0.15, 0.2) is 0 Å². The summed E-state index contributed by atoms with van der Waals surface area (Å²) in [4.78, 5) is 50.3. The number of H-pyrrole nitrogens is 2. The monoisotopic (exact) mass is 722 g/mol. The third-order valence-electron chi connectivity index (χ3n) is 10.2. The molecule has 2 aromatic heterocycles. The molecule has 10 heteroatoms. The highest BCUT2D eigenvalue weighted by molar-refractivity contribution is 6.01. The van der Waals surface area contributed by atoms with E-state index in [1.165, 1.54) is 5.57 Å². The van der Waals surface area contributed by atoms with Crippen LogP contribution in [0, 0.1) is 0 Å². The van der Waals surface area contributed by atoms with Gasteiger partial charge in [-0.05, 0) is 59.9 Å². The van der Waals surface area contributed by atoms with E-state index in [9.17, 15) is 14.4 Å². The minimum atomic E-state index is -0.323. The molecule has 1 aliphatic heterocycles. The van der Waals surface area contributed by atoms with Crippen LogP contribution in [0.15, 0.2) is 116 Å². The Hall–Kier alpha value is -6.13. The van der Waals surface area contributed by atoms with Crippen LogP contribution in [0.1, 0.15) is 46.0 Å². The molecule has 4 N–H and O–H groups in total. The van der Waals surface area contributed by atoms with Crippen molar-refractivity contribution in [2.75, 3.05) is 33.3 Å². The Kier molecular flexibility index (Phi) is 11.2. The van der Waals surface area contributed by atoms with E-state index in [0.29, 0.717) is 44.7 Å². The summed E-state index contributed by atoms with van der Waals surface area (Å²) in [6.45, 7) is 4.31. The summed E-state index contributed by atoms with van der Waals surface area (Å²) in [6.07, 6.45) is 7.49. The number of aromatic nitrogens is 2. The topological polar surface area (TPSA) is 123 Å². The van der Waals surface area contributed by atoms with Gasteiger partial charge in [-0.1, -0.05) is 72.8 Å². The molecular weight excluding hydrogens is 677 g/mol. The standard InChI is InChI=1S/C44H46N6O4/c1-30(51)50(27-34-12-6-9-15-42(34)54-2)28-36(22-35-25-45-40-14-8-7-13-37(35)40)48-43(52)29-49-20-18-32(19-21-49)39-26-46-41-17-16-33(23-38(39)41)44(53)47-24-31-10-4-3-5-11-31/h3-18,23,25-26,36,45-46H,19-22,24,27-29H2,1-2H3,(H,47,53)(H,48,52)/t36-/m1/s1. The van der Waals surface area contributed by atoms with Gasteiger partial charge < -0.3 is 30.2 Å². The molecule has 0 fully saturated rings. The first kappa shape index (κ1) is 36.2. The number of amides is 3. The van der Waals surface area contributed by atoms with Crippen molar-refractivity contribution in [1.29, 1.82) is 0 Å². The lowest BCUT2D eigenvalue weighted by molar-refractivity contribution is -0.131. The Bertz CT molecular complexity index is 2290. The number of methoxy groups -OCH3 is 1. The maximum Gasteiger partial charge on any atom is 0.251 e. The van der Waals surface area contributed by atoms with E-state index in [1.54, 1.807) is 18.9 Å². The number of carbonyl (C=O) groups is 3. The van der Waals surface area contributed by atoms with Crippen molar-refractivity contribution in [3.05, 3.63) is 143 Å². The van der Waals surface area contributed by atoms with Crippen LogP contribution in [-0.4, -0.2) is 76.8 Å². The second kappa shape index (κ2) is 16.7. The van der Waals surface area contributed by atoms with Crippen molar-refractivity contribution in [3.63, 3.8) is 0 Å². The van der Waals surface area contributed by atoms with E-state index in [0.717, 1.165) is 56.2 Å². The highest BCUT2D eigenvalue weighted by atomic mass is 16.5. The molecule has 4 aromatic carbocycles. The smallest absolute Gasteiger partial charge is 0.251 e. The lowest BCUT2D eigenvalue weighted by Crippen LogP contribution is -2.49. The van der Waals surface area contributed by atoms with Gasteiger partial charge in [-0.2, -0.15) is 0 Å². The number of para-hydroxylation sites is 2. The minimum Gasteiger partial charge on any atom is -0.496 e. The SMILES string of the molecule is COc1ccccc1CN(C[C@@H](Cc1c[nH]c2ccccc12)NC(=O)CN1CC=C(c2c[nH]c3ccc(C(=O)NCc4ccccc4)cc23)CC1)C(C)=O. The van der Waals surface area contributed by atoms with E-state index in [1.807, 2.05) is 103 Å². The molecule has 0 spiro atoms. The predicted molar refractivity (Wildman–Crippen MR) is 213 cm³/mol. The summed E-state index contributed by atoms with van der Waals surface area (Å²) < 4.78 is 5.56. The van der Waals surface area contributed by atoms with Crippen molar-refractivity contribution in [2.45, 2.75) is 38.9 Å². The molecule has 0 bridgehead atoms. The molecule has 1 atom stereocenters. The van der Waals surface area contributed by atoms with Gasteiger partial charge in [0.2, 0.25) is 11.8 Å². The van der Waals surface area contributed by atoms with Crippen LogP contribution < -0.4 is 15.4 Å². The van der Waals surface area contributed by atoms with Crippen molar-refractivity contribution < 1.29 is 19.1 Å². The molecule has 0 aliphatic carbocycles. The third-order valence-corrected chi connectivity index (χ3v) is 10.2. The lowest BCUT2D eigenvalue weighted by atomic mass is 9.98. The number of hydrogen-bond acceptors (Lipinski definition) is 5. The molecule has 0 saturated heterocycles. The minimum absolute atomic E-state index is 0.0787. The van der Waals surface area contributed by atoms with Gasteiger partial charge >= 0.3 is 0 Å². The molecule has 10 nitrogen and oxygen atoms in total. The Morgan fingerprint density at radius 3 is 2.43 bits per heavy atom. The van der Waals surface area contributed by atoms with E-state index < -0.39 is 0 Å². The number of hydrogen-bond donors (Lipinski definition) is 4. The second-order valence-electron chi connectivity index (χ2n) is 13.9. The second-order valence-corrected chi connectivity index (χ2v) is 13.9. The fourth-order valence-electron chi connectivity index (χ4n) is 7.32. The van der Waals surface area contributed by atoms with Crippen LogP contribution in [0.2, 0.25) is 0 Å². The quantitative estimate of drug-likeness (QED) is 0.103. The number of fused-ring (bicyclic) bond motifs is 2. The fraction of sp³-hybridized carbons (Fsp3) is 0.250. The Balaban J connectivity index is 1.02. The van der Waals surface area contributed by atoms with Crippen LogP contribution in [0.4, 0.5) is 0 Å². The van der Waals surface area contributed by atoms with Gasteiger partial charge in [-0.15, -0.1) is 0 Å². The number of rotatable bonds is 14. The normalized spacial score (nSPS) is 13.7. The average Bonchev–Trinajstić information content (AvgIpc) is 3.81. The van der Waals surface area contributed by atoms with Gasteiger partial charge in [-0.3, -0.25) is 19.3 Å². The predicted octanol–water partition coefficient (Wildman–Crippen LogP) is 6.45. The lowest BCUT2D eigenvalue weighted by Gasteiger charge is -2.30. The molecule has 276 valence electrons. The zero-order valence-electron chi connectivity index (χ0n) is 30.7. The molecule has 0 radical (unpaired) electrons. The number of carbonyl (C=O) groups excluding carboxylic acids is 3. The fourth-order valence-corrected chi connectivity index (χ4v) is 7.32. The first-order valence-corrected chi connectivity index (χ1v) is 18.4. The molecule has 54 heavy (non-hydrogen) atoms. The summed E-state index contributed by atoms with van der Waals surface area (Å²) in [5.41, 5.74) is 7.91. The van der Waals surface area contributed by atoms with Gasteiger partial charge in [0.05, 0.1) is 19.7 Å². The first-order chi connectivity index (χ1) is 26.3. The van der Waals surface area contributed by atoms with Crippen molar-refractivity contribution in [2.24, 2.45) is 0 Å². The van der Waals surface area contributed by atoms with Crippen molar-refractivity contribution in [1.82, 2.24) is 30.4 Å². The Morgan fingerprint density at radius 1 is 0.870 bits per heavy atom. The summed E-state index contributed by atoms with van der Waals surface area (Å²) in [5, 5.41) is 8.41. The van der Waals surface area contributed by atoms with Crippen LogP contribution in [0.3, 0.4) is 0 Å². The van der Waals surface area contributed by atoms with Gasteiger partial charge in [-0.25, -0.2) is 0 Å². The molecule has 0 unspecified atom stereocenters. The number of nitrogens with zero attached hydrogens (tertiary/aromatic N) is 2. The van der Waals surface area contributed by atoms with Crippen LogP contribution >= 0.6 is 0 Å². The highest BCUT2D eigenvalue weighted by Gasteiger charge is 2.24. The Labute approximate surface area is 315 Å². The maximum atomic E-state index is 13.7. The molecular formula is C44H46N6O4. The molecule has 3 amide bonds. The largest absolute Gasteiger partial charge is 0.496 e. The molecule has 7 rings (SSSR count). The van der Waals surface area contributed by atoms with E-state index in [2.05, 4.69) is 37.6 Å². The van der Waals surface area contributed by atoms with Crippen LogP contribution in [-0.2, 0) is 29.1 Å². The zero-order valence-corrected chi connectivity index (χ0v) is 30.7. The summed E-state index contributed by atoms with van der Waals surface area (Å²) in [5.74, 6) is 0.438. The third kappa shape index (κ3) is 8.56. The van der Waals surface area contributed by atoms with Crippen LogP contribution in [0.5, 0.6) is 5.75 Å². The summed E-state index contributed by atoms with van der Waals surface area (Å²) in [6, 6.07) is 31.1. The Morgan fingerprint density at radius 2 is 1.63 bits per heavy atom. The van der Waals surface area contributed by atoms with E-state index in [4.69, 9.17) is 4.74 Å². The highest BCUT2D eigenvalue weighted by Crippen LogP contribution is 2.30. The number of aromatic amines is 2. The number of benzene rings is 4.